The van der Waals surface area contributed by atoms with Crippen molar-refractivity contribution in [1.82, 2.24) is 24.1 Å². The number of aryl methyl sites for hydroxylation is 2. The van der Waals surface area contributed by atoms with E-state index in [2.05, 4.69) is 127 Å². The molecule has 6 nitrogen and oxygen atoms in total. The Morgan fingerprint density at radius 3 is 1.81 bits per heavy atom. The Morgan fingerprint density at radius 2 is 0.949 bits per heavy atom. The number of imidazole rings is 1. The Balaban J connectivity index is 1.11. The number of hydrogen-bond donors (Lipinski definition) is 0. The molecule has 0 bridgehead atoms. The van der Waals surface area contributed by atoms with Crippen LogP contribution in [0.25, 0.3) is 110 Å². The van der Waals surface area contributed by atoms with Crippen LogP contribution >= 0.6 is 11.3 Å². The first-order valence-corrected chi connectivity index (χ1v) is 20.4. The van der Waals surface area contributed by atoms with Crippen molar-refractivity contribution < 1.29 is 0 Å². The highest BCUT2D eigenvalue weighted by atomic mass is 32.1. The summed E-state index contributed by atoms with van der Waals surface area (Å²) in [5.41, 5.74) is 10.8. The van der Waals surface area contributed by atoms with E-state index in [1.807, 2.05) is 66.9 Å². The molecule has 0 aliphatic rings. The van der Waals surface area contributed by atoms with Gasteiger partial charge in [-0.2, -0.15) is 0 Å². The Labute approximate surface area is 344 Å². The number of hydrogen-bond acceptors (Lipinski definition) is 5. The average molecular weight is 778 g/mol. The van der Waals surface area contributed by atoms with E-state index in [1.54, 1.807) is 16.2 Å². The van der Waals surface area contributed by atoms with Gasteiger partial charge in [0.05, 0.1) is 11.0 Å². The Bertz CT molecular complexity index is 3500. The molecule has 0 N–H and O–H groups in total. The molecule has 8 aromatic carbocycles. The summed E-state index contributed by atoms with van der Waals surface area (Å²) in [5.74, 6) is 1.76. The van der Waals surface area contributed by atoms with Crippen LogP contribution in [0.3, 0.4) is 0 Å². The van der Waals surface area contributed by atoms with Gasteiger partial charge in [0, 0.05) is 51.0 Å². The first kappa shape index (κ1) is 34.7. The lowest BCUT2D eigenvalue weighted by Crippen LogP contribution is -2.19. The minimum Gasteiger partial charge on any atom is -0.295 e. The van der Waals surface area contributed by atoms with Crippen LogP contribution in [0.15, 0.2) is 181 Å². The summed E-state index contributed by atoms with van der Waals surface area (Å²) >= 11 is 1.83. The number of thiophene rings is 1. The summed E-state index contributed by atoms with van der Waals surface area (Å²) in [6.45, 7) is 0. The molecule has 0 aliphatic carbocycles. The van der Waals surface area contributed by atoms with Gasteiger partial charge in [-0.15, -0.1) is 11.3 Å². The van der Waals surface area contributed by atoms with Crippen molar-refractivity contribution in [2.75, 3.05) is 0 Å². The summed E-state index contributed by atoms with van der Waals surface area (Å²) in [7, 11) is 3.61. The van der Waals surface area contributed by atoms with Crippen LogP contribution in [0.5, 0.6) is 0 Å². The smallest absolute Gasteiger partial charge is 0.295 e. The highest BCUT2D eigenvalue weighted by Gasteiger charge is 2.17. The highest BCUT2D eigenvalue weighted by molar-refractivity contribution is 7.25. The normalized spacial score (nSPS) is 11.6. The lowest BCUT2D eigenvalue weighted by atomic mass is 9.92. The van der Waals surface area contributed by atoms with Crippen molar-refractivity contribution in [3.63, 3.8) is 0 Å². The average Bonchev–Trinajstić information content (AvgIpc) is 3.78. The minimum absolute atomic E-state index is 0.0507. The van der Waals surface area contributed by atoms with Crippen LogP contribution in [0.1, 0.15) is 0 Å². The summed E-state index contributed by atoms with van der Waals surface area (Å²) in [4.78, 5) is 28.3. The second-order valence-electron chi connectivity index (χ2n) is 15.0. The largest absolute Gasteiger partial charge is 0.328 e. The fraction of sp³-hybridized carbons (Fsp3) is 0.0385. The zero-order valence-corrected chi connectivity index (χ0v) is 33.1. The van der Waals surface area contributed by atoms with Gasteiger partial charge in [0.2, 0.25) is 0 Å². The van der Waals surface area contributed by atoms with E-state index in [0.717, 1.165) is 61.1 Å². The van der Waals surface area contributed by atoms with Crippen molar-refractivity contribution in [2.24, 2.45) is 14.1 Å². The first-order valence-electron chi connectivity index (χ1n) is 19.6. The zero-order chi connectivity index (χ0) is 39.6. The molecule has 0 radical (unpaired) electrons. The monoisotopic (exact) mass is 777 g/mol. The molecule has 59 heavy (non-hydrogen) atoms. The third-order valence-corrected chi connectivity index (χ3v) is 12.5. The van der Waals surface area contributed by atoms with E-state index in [4.69, 9.17) is 15.0 Å². The van der Waals surface area contributed by atoms with Crippen molar-refractivity contribution in [1.29, 1.82) is 0 Å². The quantitative estimate of drug-likeness (QED) is 0.169. The predicted octanol–water partition coefficient (Wildman–Crippen LogP) is 12.6. The molecular formula is C52H35N5OS. The number of benzene rings is 8. The van der Waals surface area contributed by atoms with E-state index in [0.29, 0.717) is 17.5 Å². The molecule has 3 heterocycles. The molecule has 0 fully saturated rings. The molecule has 0 atom stereocenters. The van der Waals surface area contributed by atoms with Gasteiger partial charge in [-0.3, -0.25) is 9.13 Å². The molecule has 0 aliphatic heterocycles. The Morgan fingerprint density at radius 1 is 0.390 bits per heavy atom. The number of nitrogens with zero attached hydrogens (tertiary/aromatic N) is 5. The third kappa shape index (κ3) is 6.02. The van der Waals surface area contributed by atoms with Gasteiger partial charge in [-0.05, 0) is 98.8 Å². The van der Waals surface area contributed by atoms with Crippen LogP contribution in [-0.4, -0.2) is 24.1 Å². The van der Waals surface area contributed by atoms with Crippen LogP contribution in [0, 0.1) is 0 Å². The van der Waals surface area contributed by atoms with Gasteiger partial charge in [-0.1, -0.05) is 121 Å². The lowest BCUT2D eigenvalue weighted by Gasteiger charge is -2.14. The number of fused-ring (bicyclic) bond motifs is 5. The fourth-order valence-electron chi connectivity index (χ4n) is 8.34. The van der Waals surface area contributed by atoms with E-state index >= 15 is 0 Å². The van der Waals surface area contributed by atoms with Crippen molar-refractivity contribution in [3.05, 3.63) is 186 Å². The Kier molecular flexibility index (Phi) is 8.17. The molecule has 0 spiro atoms. The lowest BCUT2D eigenvalue weighted by molar-refractivity contribution is 0.795. The molecule has 0 saturated carbocycles. The summed E-state index contributed by atoms with van der Waals surface area (Å²) in [6.07, 6.45) is 0. The maximum atomic E-state index is 12.7. The van der Waals surface area contributed by atoms with Crippen molar-refractivity contribution in [3.8, 4) is 67.5 Å². The van der Waals surface area contributed by atoms with Crippen LogP contribution in [0.2, 0.25) is 0 Å². The number of aromatic nitrogens is 5. The maximum absolute atomic E-state index is 12.7. The fourth-order valence-corrected chi connectivity index (χ4v) is 9.42. The summed E-state index contributed by atoms with van der Waals surface area (Å²) < 4.78 is 5.92. The number of rotatable bonds is 6. The standard InChI is InChI=1S/C52H35N5OS/c1-56-45-24-22-36(31-46(45)57(2)52(56)58)34-16-10-17-37(26-34)50-53-49(33-13-4-3-5-14-33)54-51(55-50)40-28-38(27-39(29-40)42-20-11-15-32-12-6-7-18-41(32)42)35-23-25-48-44(30-35)43-19-8-9-21-47(43)59-48/h3-31H,1-2H3. The van der Waals surface area contributed by atoms with Gasteiger partial charge in [0.15, 0.2) is 17.5 Å². The van der Waals surface area contributed by atoms with Crippen molar-refractivity contribution in [2.45, 2.75) is 0 Å². The molecule has 11 aromatic rings. The summed E-state index contributed by atoms with van der Waals surface area (Å²) in [5, 5.41) is 4.89. The molecular weight excluding hydrogens is 743 g/mol. The molecule has 3 aromatic heterocycles. The second-order valence-corrected chi connectivity index (χ2v) is 16.1. The van der Waals surface area contributed by atoms with E-state index in [9.17, 15) is 4.79 Å². The van der Waals surface area contributed by atoms with E-state index < -0.39 is 0 Å². The molecule has 11 rings (SSSR count). The van der Waals surface area contributed by atoms with Crippen LogP contribution in [-0.2, 0) is 14.1 Å². The van der Waals surface area contributed by atoms with Gasteiger partial charge in [0.25, 0.3) is 0 Å². The van der Waals surface area contributed by atoms with Gasteiger partial charge in [-0.25, -0.2) is 19.7 Å². The minimum atomic E-state index is -0.0507. The molecule has 7 heteroatoms. The van der Waals surface area contributed by atoms with Gasteiger partial charge in [0.1, 0.15) is 0 Å². The first-order chi connectivity index (χ1) is 28.9. The Hall–Kier alpha value is -7.48. The highest BCUT2D eigenvalue weighted by Crippen LogP contribution is 2.40. The van der Waals surface area contributed by atoms with E-state index in [1.165, 1.54) is 30.9 Å². The van der Waals surface area contributed by atoms with Crippen LogP contribution in [0.4, 0.5) is 0 Å². The predicted molar refractivity (Wildman–Crippen MR) is 245 cm³/mol. The van der Waals surface area contributed by atoms with Crippen LogP contribution < -0.4 is 5.69 Å². The van der Waals surface area contributed by atoms with E-state index in [-0.39, 0.29) is 5.69 Å². The van der Waals surface area contributed by atoms with Crippen molar-refractivity contribution >= 4 is 53.3 Å². The maximum Gasteiger partial charge on any atom is 0.328 e. The zero-order valence-electron chi connectivity index (χ0n) is 32.3. The third-order valence-electron chi connectivity index (χ3n) is 11.4. The SMILES string of the molecule is Cn1c(=O)n(C)c2cc(-c3cccc(-c4nc(-c5ccccc5)nc(-c5cc(-c6ccc7sc8ccccc8c7c6)cc(-c6cccc7ccccc67)c5)n4)c3)ccc21. The van der Waals surface area contributed by atoms with Gasteiger partial charge >= 0.3 is 5.69 Å². The molecule has 0 amide bonds. The second kappa shape index (κ2) is 13.9. The topological polar surface area (TPSA) is 65.6 Å². The molecule has 0 unspecified atom stereocenters. The van der Waals surface area contributed by atoms with Gasteiger partial charge < -0.3 is 0 Å². The molecule has 0 saturated heterocycles. The summed E-state index contributed by atoms with van der Waals surface area (Å²) in [6, 6.07) is 61.7. The molecule has 280 valence electrons.